The van der Waals surface area contributed by atoms with E-state index in [0.717, 1.165) is 25.0 Å². The third-order valence-electron chi connectivity index (χ3n) is 2.49. The Kier molecular flexibility index (Phi) is 5.19. The lowest BCUT2D eigenvalue weighted by molar-refractivity contribution is 0.181. The molecule has 0 aromatic heterocycles. The summed E-state index contributed by atoms with van der Waals surface area (Å²) in [5, 5.41) is 0. The zero-order valence-corrected chi connectivity index (χ0v) is 9.70. The van der Waals surface area contributed by atoms with Gasteiger partial charge in [0.1, 0.15) is 5.75 Å². The molecule has 0 saturated heterocycles. The van der Waals surface area contributed by atoms with Gasteiger partial charge in [-0.15, -0.1) is 0 Å². The predicted molar refractivity (Wildman–Crippen MR) is 64.2 cm³/mol. The maximum absolute atomic E-state index is 5.95. The molecule has 0 amide bonds. The number of ether oxygens (including phenoxy) is 1. The van der Waals surface area contributed by atoms with Crippen molar-refractivity contribution in [2.75, 3.05) is 6.54 Å². The zero-order valence-electron chi connectivity index (χ0n) is 9.70. The van der Waals surface area contributed by atoms with E-state index >= 15 is 0 Å². The molecule has 2 heteroatoms. The third kappa shape index (κ3) is 3.92. The third-order valence-corrected chi connectivity index (χ3v) is 2.49. The van der Waals surface area contributed by atoms with Gasteiger partial charge in [0, 0.05) is 0 Å². The second-order valence-electron chi connectivity index (χ2n) is 3.87. The summed E-state index contributed by atoms with van der Waals surface area (Å²) in [4.78, 5) is 0. The van der Waals surface area contributed by atoms with Crippen LogP contribution in [0.5, 0.6) is 5.75 Å². The second-order valence-corrected chi connectivity index (χ2v) is 3.87. The summed E-state index contributed by atoms with van der Waals surface area (Å²) in [5.41, 5.74) is 6.76. The van der Waals surface area contributed by atoms with Crippen LogP contribution in [-0.2, 0) is 0 Å². The number of para-hydroxylation sites is 1. The lowest BCUT2D eigenvalue weighted by Crippen LogP contribution is -2.20. The Morgan fingerprint density at radius 3 is 2.60 bits per heavy atom. The molecule has 2 N–H and O–H groups in total. The van der Waals surface area contributed by atoms with E-state index in [0.29, 0.717) is 6.54 Å². The summed E-state index contributed by atoms with van der Waals surface area (Å²) in [6.07, 6.45) is 3.41. The molecule has 1 aromatic carbocycles. The van der Waals surface area contributed by atoms with Crippen molar-refractivity contribution in [2.24, 2.45) is 5.73 Å². The highest BCUT2D eigenvalue weighted by Gasteiger charge is 2.09. The first-order valence-electron chi connectivity index (χ1n) is 5.70. The van der Waals surface area contributed by atoms with E-state index in [2.05, 4.69) is 19.9 Å². The van der Waals surface area contributed by atoms with Crippen molar-refractivity contribution < 1.29 is 4.74 Å². The van der Waals surface area contributed by atoms with E-state index in [1.54, 1.807) is 0 Å². The Bertz CT molecular complexity index is 280. The number of benzene rings is 1. The second kappa shape index (κ2) is 6.46. The van der Waals surface area contributed by atoms with Crippen molar-refractivity contribution in [3.05, 3.63) is 29.8 Å². The molecule has 0 bridgehead atoms. The molecule has 0 heterocycles. The number of rotatable bonds is 6. The first-order chi connectivity index (χ1) is 7.27. The first kappa shape index (κ1) is 12.1. The van der Waals surface area contributed by atoms with Gasteiger partial charge in [0.05, 0.1) is 6.10 Å². The highest BCUT2D eigenvalue weighted by Crippen LogP contribution is 2.20. The summed E-state index contributed by atoms with van der Waals surface area (Å²) in [6, 6.07) is 8.13. The summed E-state index contributed by atoms with van der Waals surface area (Å²) < 4.78 is 5.95. The zero-order chi connectivity index (χ0) is 11.1. The van der Waals surface area contributed by atoms with Crippen LogP contribution in [0.25, 0.3) is 0 Å². The summed E-state index contributed by atoms with van der Waals surface area (Å²) in [5.74, 6) is 0.990. The molecule has 0 spiro atoms. The molecule has 0 aliphatic heterocycles. The fourth-order valence-electron chi connectivity index (χ4n) is 1.64. The van der Waals surface area contributed by atoms with Gasteiger partial charge in [0.15, 0.2) is 0 Å². The first-order valence-corrected chi connectivity index (χ1v) is 5.70. The minimum Gasteiger partial charge on any atom is -0.490 e. The Morgan fingerprint density at radius 1 is 1.27 bits per heavy atom. The summed E-state index contributed by atoms with van der Waals surface area (Å²) >= 11 is 0. The fourth-order valence-corrected chi connectivity index (χ4v) is 1.64. The van der Waals surface area contributed by atoms with Gasteiger partial charge >= 0.3 is 0 Å². The van der Waals surface area contributed by atoms with E-state index in [1.165, 1.54) is 5.56 Å². The van der Waals surface area contributed by atoms with Crippen LogP contribution in [0.1, 0.15) is 31.7 Å². The molecule has 1 unspecified atom stereocenters. The monoisotopic (exact) mass is 207 g/mol. The van der Waals surface area contributed by atoms with Crippen molar-refractivity contribution in [3.63, 3.8) is 0 Å². The van der Waals surface area contributed by atoms with E-state index in [-0.39, 0.29) is 6.10 Å². The van der Waals surface area contributed by atoms with Crippen molar-refractivity contribution in [1.82, 2.24) is 0 Å². The van der Waals surface area contributed by atoms with Crippen LogP contribution in [0.3, 0.4) is 0 Å². The molecule has 1 rings (SSSR count). The van der Waals surface area contributed by atoms with Crippen LogP contribution in [0.15, 0.2) is 24.3 Å². The van der Waals surface area contributed by atoms with E-state index < -0.39 is 0 Å². The highest BCUT2D eigenvalue weighted by molar-refractivity contribution is 5.31. The lowest BCUT2D eigenvalue weighted by atomic mass is 10.1. The standard InChI is InChI=1S/C13H21NO/c1-3-6-12(9-10-14)15-13-8-5-4-7-11(13)2/h4-5,7-8,12H,3,6,9-10,14H2,1-2H3. The van der Waals surface area contributed by atoms with Gasteiger partial charge in [-0.3, -0.25) is 0 Å². The van der Waals surface area contributed by atoms with Gasteiger partial charge in [-0.2, -0.15) is 0 Å². The van der Waals surface area contributed by atoms with Gasteiger partial charge in [-0.1, -0.05) is 31.5 Å². The Morgan fingerprint density at radius 2 is 2.00 bits per heavy atom. The average Bonchev–Trinajstić information content (AvgIpc) is 2.22. The maximum atomic E-state index is 5.95. The Balaban J connectivity index is 2.60. The minimum absolute atomic E-state index is 0.265. The molecular formula is C13H21NO. The Labute approximate surface area is 92.4 Å². The minimum atomic E-state index is 0.265. The molecule has 1 aromatic rings. The fraction of sp³-hybridized carbons (Fsp3) is 0.538. The number of hydrogen-bond donors (Lipinski definition) is 1. The van der Waals surface area contributed by atoms with Crippen LogP contribution >= 0.6 is 0 Å². The molecule has 0 saturated carbocycles. The van der Waals surface area contributed by atoms with Crippen LogP contribution in [-0.4, -0.2) is 12.6 Å². The van der Waals surface area contributed by atoms with Gasteiger partial charge in [-0.05, 0) is 37.9 Å². The molecule has 0 radical (unpaired) electrons. The van der Waals surface area contributed by atoms with E-state index in [9.17, 15) is 0 Å². The predicted octanol–water partition coefficient (Wildman–Crippen LogP) is 2.89. The summed E-state index contributed by atoms with van der Waals surface area (Å²) in [7, 11) is 0. The van der Waals surface area contributed by atoms with Crippen molar-refractivity contribution in [2.45, 2.75) is 39.2 Å². The SMILES string of the molecule is CCCC(CCN)Oc1ccccc1C. The molecule has 0 aliphatic rings. The van der Waals surface area contributed by atoms with Crippen LogP contribution < -0.4 is 10.5 Å². The number of nitrogens with two attached hydrogens (primary N) is 1. The largest absolute Gasteiger partial charge is 0.490 e. The highest BCUT2D eigenvalue weighted by atomic mass is 16.5. The van der Waals surface area contributed by atoms with E-state index in [4.69, 9.17) is 10.5 Å². The molecule has 2 nitrogen and oxygen atoms in total. The quantitative estimate of drug-likeness (QED) is 0.778. The Hall–Kier alpha value is -1.02. The van der Waals surface area contributed by atoms with Gasteiger partial charge in [0.2, 0.25) is 0 Å². The van der Waals surface area contributed by atoms with Gasteiger partial charge in [-0.25, -0.2) is 0 Å². The van der Waals surface area contributed by atoms with Crippen molar-refractivity contribution in [3.8, 4) is 5.75 Å². The van der Waals surface area contributed by atoms with Crippen LogP contribution in [0.2, 0.25) is 0 Å². The normalized spacial score (nSPS) is 12.5. The number of hydrogen-bond acceptors (Lipinski definition) is 2. The maximum Gasteiger partial charge on any atom is 0.122 e. The smallest absolute Gasteiger partial charge is 0.122 e. The average molecular weight is 207 g/mol. The molecule has 84 valence electrons. The molecule has 0 fully saturated rings. The van der Waals surface area contributed by atoms with Crippen molar-refractivity contribution in [1.29, 1.82) is 0 Å². The topological polar surface area (TPSA) is 35.2 Å². The molecular weight excluding hydrogens is 186 g/mol. The molecule has 1 atom stereocenters. The van der Waals surface area contributed by atoms with Gasteiger partial charge in [0.25, 0.3) is 0 Å². The molecule has 15 heavy (non-hydrogen) atoms. The molecule has 0 aliphatic carbocycles. The number of aryl methyl sites for hydroxylation is 1. The van der Waals surface area contributed by atoms with Crippen molar-refractivity contribution >= 4 is 0 Å². The van der Waals surface area contributed by atoms with Crippen LogP contribution in [0.4, 0.5) is 0 Å². The summed E-state index contributed by atoms with van der Waals surface area (Å²) in [6.45, 7) is 4.93. The van der Waals surface area contributed by atoms with E-state index in [1.807, 2.05) is 18.2 Å². The lowest BCUT2D eigenvalue weighted by Gasteiger charge is -2.19. The van der Waals surface area contributed by atoms with Gasteiger partial charge < -0.3 is 10.5 Å². The van der Waals surface area contributed by atoms with Crippen LogP contribution in [0, 0.1) is 6.92 Å².